The second-order valence-electron chi connectivity index (χ2n) is 6.74. The highest BCUT2D eigenvalue weighted by Gasteiger charge is 2.26. The summed E-state index contributed by atoms with van der Waals surface area (Å²) in [5.74, 6) is 0.739. The third-order valence-corrected chi connectivity index (χ3v) is 3.68. The molecule has 0 spiro atoms. The molecule has 0 saturated heterocycles. The van der Waals surface area contributed by atoms with E-state index in [9.17, 15) is 0 Å². The number of nitrogens with one attached hydrogen (secondary N) is 1. The van der Waals surface area contributed by atoms with Crippen molar-refractivity contribution in [2.45, 2.75) is 67.3 Å². The monoisotopic (exact) mass is 256 g/mol. The maximum Gasteiger partial charge on any atom is 0.00501 e. The maximum absolute atomic E-state index is 3.65. The van der Waals surface area contributed by atoms with Crippen molar-refractivity contribution < 1.29 is 0 Å². The molecule has 2 nitrogen and oxygen atoms in total. The van der Waals surface area contributed by atoms with Crippen molar-refractivity contribution in [1.82, 2.24) is 10.2 Å². The Morgan fingerprint density at radius 3 is 2.11 bits per heavy atom. The van der Waals surface area contributed by atoms with E-state index in [2.05, 4.69) is 58.7 Å². The Balaban J connectivity index is 4.39. The van der Waals surface area contributed by atoms with E-state index in [1.165, 1.54) is 19.4 Å². The van der Waals surface area contributed by atoms with Crippen LogP contribution >= 0.6 is 0 Å². The molecule has 0 heterocycles. The molecule has 1 atom stereocenters. The van der Waals surface area contributed by atoms with Crippen LogP contribution < -0.4 is 5.32 Å². The second kappa shape index (κ2) is 8.92. The fourth-order valence-corrected chi connectivity index (χ4v) is 2.64. The highest BCUT2D eigenvalue weighted by Crippen LogP contribution is 2.24. The summed E-state index contributed by atoms with van der Waals surface area (Å²) in [5, 5.41) is 3.65. The zero-order chi connectivity index (χ0) is 14.2. The third-order valence-electron chi connectivity index (χ3n) is 3.68. The highest BCUT2D eigenvalue weighted by atomic mass is 15.1. The average Bonchev–Trinajstić information content (AvgIpc) is 2.25. The predicted molar refractivity (Wildman–Crippen MR) is 83.1 cm³/mol. The first kappa shape index (κ1) is 17.9. The van der Waals surface area contributed by atoms with Crippen LogP contribution in [0.1, 0.15) is 61.3 Å². The van der Waals surface area contributed by atoms with E-state index in [-0.39, 0.29) is 0 Å². The van der Waals surface area contributed by atoms with E-state index in [0.717, 1.165) is 25.6 Å². The fourth-order valence-electron chi connectivity index (χ4n) is 2.64. The van der Waals surface area contributed by atoms with Crippen LogP contribution in [0.5, 0.6) is 0 Å². The first-order valence-electron chi connectivity index (χ1n) is 7.79. The zero-order valence-corrected chi connectivity index (χ0v) is 13.8. The first-order valence-corrected chi connectivity index (χ1v) is 7.79. The molecule has 2 heteroatoms. The summed E-state index contributed by atoms with van der Waals surface area (Å²) in [6, 6.07) is 0.649. The minimum atomic E-state index is 0.407. The van der Waals surface area contributed by atoms with Crippen molar-refractivity contribution in [3.8, 4) is 0 Å². The number of hydrogen-bond donors (Lipinski definition) is 1. The van der Waals surface area contributed by atoms with Gasteiger partial charge in [0.05, 0.1) is 0 Å². The molecular weight excluding hydrogens is 220 g/mol. The molecule has 0 aliphatic heterocycles. The van der Waals surface area contributed by atoms with Crippen LogP contribution in [0.3, 0.4) is 0 Å². The average molecular weight is 256 g/mol. The van der Waals surface area contributed by atoms with Gasteiger partial charge in [-0.05, 0) is 44.7 Å². The molecular formula is C16H36N2. The molecule has 1 unspecified atom stereocenters. The summed E-state index contributed by atoms with van der Waals surface area (Å²) >= 11 is 0. The summed E-state index contributed by atoms with van der Waals surface area (Å²) in [7, 11) is 0. The van der Waals surface area contributed by atoms with Crippen molar-refractivity contribution in [3.63, 3.8) is 0 Å². The third kappa shape index (κ3) is 7.38. The number of rotatable bonds is 10. The van der Waals surface area contributed by atoms with Crippen molar-refractivity contribution in [3.05, 3.63) is 0 Å². The maximum atomic E-state index is 3.65. The van der Waals surface area contributed by atoms with Gasteiger partial charge in [0.2, 0.25) is 0 Å². The molecule has 1 N–H and O–H groups in total. The fraction of sp³-hybridized carbons (Fsp3) is 1.00. The van der Waals surface area contributed by atoms with Crippen LogP contribution in [0.15, 0.2) is 0 Å². The van der Waals surface area contributed by atoms with Crippen LogP contribution in [0.2, 0.25) is 0 Å². The number of nitrogens with zero attached hydrogens (tertiary/aromatic N) is 1. The molecule has 0 aromatic rings. The molecule has 0 aromatic carbocycles. The molecule has 0 saturated carbocycles. The quantitative estimate of drug-likeness (QED) is 0.640. The Bertz CT molecular complexity index is 201. The van der Waals surface area contributed by atoms with Gasteiger partial charge in [0.25, 0.3) is 0 Å². The predicted octanol–water partition coefficient (Wildman–Crippen LogP) is 3.77. The van der Waals surface area contributed by atoms with Crippen LogP contribution in [0.4, 0.5) is 0 Å². The molecule has 0 bridgehead atoms. The van der Waals surface area contributed by atoms with Crippen molar-refractivity contribution >= 4 is 0 Å². The molecule has 0 amide bonds. The van der Waals surface area contributed by atoms with Gasteiger partial charge in [-0.1, -0.05) is 41.0 Å². The lowest BCUT2D eigenvalue weighted by Crippen LogP contribution is -2.45. The van der Waals surface area contributed by atoms with Gasteiger partial charge < -0.3 is 10.2 Å². The standard InChI is InChI=1S/C16H36N2/c1-8-10-16(7,12-17-11-14(3)4)13-18(9-2)15(5)6/h14-15,17H,8-13H2,1-7H3. The molecule has 0 fully saturated rings. The van der Waals surface area contributed by atoms with E-state index in [4.69, 9.17) is 0 Å². The van der Waals surface area contributed by atoms with Crippen molar-refractivity contribution in [1.29, 1.82) is 0 Å². The molecule has 110 valence electrons. The zero-order valence-electron chi connectivity index (χ0n) is 13.8. The van der Waals surface area contributed by atoms with E-state index < -0.39 is 0 Å². The smallest absolute Gasteiger partial charge is 0.00501 e. The van der Waals surface area contributed by atoms with Crippen LogP contribution in [0, 0.1) is 11.3 Å². The molecule has 0 rings (SSSR count). The molecule has 18 heavy (non-hydrogen) atoms. The SMILES string of the molecule is CCCC(C)(CNCC(C)C)CN(CC)C(C)C. The van der Waals surface area contributed by atoms with E-state index in [1.807, 2.05) is 0 Å². The Labute approximate surface area is 116 Å². The Kier molecular flexibility index (Phi) is 8.89. The minimum absolute atomic E-state index is 0.407. The molecule has 0 radical (unpaired) electrons. The van der Waals surface area contributed by atoms with Gasteiger partial charge in [0.15, 0.2) is 0 Å². The minimum Gasteiger partial charge on any atom is -0.316 e. The Hall–Kier alpha value is -0.0800. The number of hydrogen-bond acceptors (Lipinski definition) is 2. The summed E-state index contributed by atoms with van der Waals surface area (Å²) < 4.78 is 0. The Morgan fingerprint density at radius 2 is 1.72 bits per heavy atom. The highest BCUT2D eigenvalue weighted by molar-refractivity contribution is 4.81. The lowest BCUT2D eigenvalue weighted by atomic mass is 9.84. The summed E-state index contributed by atoms with van der Waals surface area (Å²) in [5.41, 5.74) is 0.407. The van der Waals surface area contributed by atoms with Gasteiger partial charge in [0, 0.05) is 19.1 Å². The first-order chi connectivity index (χ1) is 8.34. The van der Waals surface area contributed by atoms with Gasteiger partial charge in [-0.15, -0.1) is 0 Å². The van der Waals surface area contributed by atoms with Crippen LogP contribution in [0.25, 0.3) is 0 Å². The normalized spacial score (nSPS) is 15.7. The van der Waals surface area contributed by atoms with Gasteiger partial charge in [-0.25, -0.2) is 0 Å². The van der Waals surface area contributed by atoms with E-state index in [1.54, 1.807) is 0 Å². The molecule has 0 aliphatic rings. The second-order valence-corrected chi connectivity index (χ2v) is 6.74. The Morgan fingerprint density at radius 1 is 1.11 bits per heavy atom. The van der Waals surface area contributed by atoms with E-state index >= 15 is 0 Å². The molecule has 0 aromatic heterocycles. The summed E-state index contributed by atoms with van der Waals surface area (Å²) in [4.78, 5) is 2.59. The molecule has 0 aliphatic carbocycles. The summed E-state index contributed by atoms with van der Waals surface area (Å²) in [6.07, 6.45) is 2.58. The summed E-state index contributed by atoms with van der Waals surface area (Å²) in [6.45, 7) is 20.8. The largest absolute Gasteiger partial charge is 0.316 e. The lowest BCUT2D eigenvalue weighted by molar-refractivity contribution is 0.127. The van der Waals surface area contributed by atoms with Crippen molar-refractivity contribution in [2.24, 2.45) is 11.3 Å². The van der Waals surface area contributed by atoms with Crippen LogP contribution in [-0.4, -0.2) is 37.1 Å². The van der Waals surface area contributed by atoms with Gasteiger partial charge in [-0.2, -0.15) is 0 Å². The van der Waals surface area contributed by atoms with Gasteiger partial charge >= 0.3 is 0 Å². The van der Waals surface area contributed by atoms with Crippen molar-refractivity contribution in [2.75, 3.05) is 26.2 Å². The topological polar surface area (TPSA) is 15.3 Å². The van der Waals surface area contributed by atoms with E-state index in [0.29, 0.717) is 11.5 Å². The van der Waals surface area contributed by atoms with Gasteiger partial charge in [0.1, 0.15) is 0 Å². The van der Waals surface area contributed by atoms with Gasteiger partial charge in [-0.3, -0.25) is 0 Å². The van der Waals surface area contributed by atoms with Crippen LogP contribution in [-0.2, 0) is 0 Å². The lowest BCUT2D eigenvalue weighted by Gasteiger charge is -2.37.